The largest absolute Gasteiger partial charge is 0.496 e. The van der Waals surface area contributed by atoms with Crippen molar-refractivity contribution in [1.29, 1.82) is 0 Å². The summed E-state index contributed by atoms with van der Waals surface area (Å²) in [7, 11) is 1.54. The summed E-state index contributed by atoms with van der Waals surface area (Å²) in [6.45, 7) is 1.40. The topological polar surface area (TPSA) is 74.5 Å². The molecule has 3 aromatic rings. The van der Waals surface area contributed by atoms with Gasteiger partial charge in [-0.1, -0.05) is 23.4 Å². The summed E-state index contributed by atoms with van der Waals surface area (Å²) in [6, 6.07) is 11.3. The highest BCUT2D eigenvalue weighted by Crippen LogP contribution is 2.27. The van der Waals surface area contributed by atoms with E-state index in [4.69, 9.17) is 14.0 Å². The van der Waals surface area contributed by atoms with Crippen LogP contribution >= 0.6 is 0 Å². The van der Waals surface area contributed by atoms with Gasteiger partial charge in [0.05, 0.1) is 18.2 Å². The van der Waals surface area contributed by atoms with Gasteiger partial charge in [0.2, 0.25) is 5.82 Å². The molecule has 1 aromatic heterocycles. The third-order valence-corrected chi connectivity index (χ3v) is 3.55. The Morgan fingerprint density at radius 2 is 2.04 bits per heavy atom. The number of nitrogens with zero attached hydrogens (tertiary/aromatic N) is 2. The van der Waals surface area contributed by atoms with E-state index in [2.05, 4.69) is 10.1 Å². The van der Waals surface area contributed by atoms with Gasteiger partial charge in [0, 0.05) is 0 Å². The molecule has 0 fully saturated rings. The minimum Gasteiger partial charge on any atom is -0.496 e. The highest BCUT2D eigenvalue weighted by atomic mass is 19.1. The van der Waals surface area contributed by atoms with Crippen molar-refractivity contribution in [1.82, 2.24) is 10.1 Å². The van der Waals surface area contributed by atoms with Gasteiger partial charge in [-0.25, -0.2) is 9.18 Å². The van der Waals surface area contributed by atoms with Gasteiger partial charge in [-0.2, -0.15) is 4.98 Å². The Morgan fingerprint density at radius 3 is 2.80 bits per heavy atom. The van der Waals surface area contributed by atoms with E-state index in [1.165, 1.54) is 12.1 Å². The lowest BCUT2D eigenvalue weighted by Gasteiger charge is -2.03. The number of halogens is 1. The number of benzene rings is 2. The van der Waals surface area contributed by atoms with Crippen LogP contribution in [0, 0.1) is 12.7 Å². The average molecular weight is 342 g/mol. The standard InChI is InChI=1S/C18H15FN2O4/c1-11-7-8-12(9-14(11)19)18(22)24-10-16-20-17(21-25-16)13-5-3-4-6-15(13)23-2/h3-9H,10H2,1-2H3. The fraction of sp³-hybridized carbons (Fsp3) is 0.167. The summed E-state index contributed by atoms with van der Waals surface area (Å²) in [5.74, 6) is -0.0877. The molecule has 2 aromatic carbocycles. The molecule has 0 saturated heterocycles. The van der Waals surface area contributed by atoms with Crippen LogP contribution < -0.4 is 4.74 Å². The zero-order chi connectivity index (χ0) is 17.8. The highest BCUT2D eigenvalue weighted by molar-refractivity contribution is 5.89. The maximum atomic E-state index is 13.5. The third-order valence-electron chi connectivity index (χ3n) is 3.55. The maximum absolute atomic E-state index is 13.5. The summed E-state index contributed by atoms with van der Waals surface area (Å²) in [5.41, 5.74) is 1.23. The smallest absolute Gasteiger partial charge is 0.338 e. The van der Waals surface area contributed by atoms with Gasteiger partial charge >= 0.3 is 5.97 Å². The van der Waals surface area contributed by atoms with E-state index >= 15 is 0 Å². The van der Waals surface area contributed by atoms with Crippen molar-refractivity contribution in [2.45, 2.75) is 13.5 Å². The summed E-state index contributed by atoms with van der Waals surface area (Å²) in [5, 5.41) is 3.85. The number of rotatable bonds is 5. The average Bonchev–Trinajstić information content (AvgIpc) is 3.10. The van der Waals surface area contributed by atoms with Gasteiger partial charge < -0.3 is 14.0 Å². The van der Waals surface area contributed by atoms with Crippen LogP contribution in [-0.2, 0) is 11.3 Å². The first-order chi connectivity index (χ1) is 12.1. The predicted octanol–water partition coefficient (Wildman–Crippen LogP) is 3.55. The molecule has 3 rings (SSSR count). The Morgan fingerprint density at radius 1 is 1.24 bits per heavy atom. The molecule has 25 heavy (non-hydrogen) atoms. The van der Waals surface area contributed by atoms with Gasteiger partial charge in [-0.3, -0.25) is 0 Å². The van der Waals surface area contributed by atoms with E-state index in [-0.39, 0.29) is 18.1 Å². The van der Waals surface area contributed by atoms with Gasteiger partial charge in [-0.05, 0) is 36.8 Å². The van der Waals surface area contributed by atoms with Crippen molar-refractivity contribution >= 4 is 5.97 Å². The molecule has 0 radical (unpaired) electrons. The second-order valence-corrected chi connectivity index (χ2v) is 5.25. The van der Waals surface area contributed by atoms with Gasteiger partial charge in [0.25, 0.3) is 5.89 Å². The first kappa shape index (κ1) is 16.6. The van der Waals surface area contributed by atoms with Crippen molar-refractivity contribution in [2.75, 3.05) is 7.11 Å². The summed E-state index contributed by atoms with van der Waals surface area (Å²) in [4.78, 5) is 16.1. The quantitative estimate of drug-likeness (QED) is 0.660. The van der Waals surface area contributed by atoms with Gasteiger partial charge in [0.15, 0.2) is 6.61 Å². The normalized spacial score (nSPS) is 10.5. The molecule has 0 unspecified atom stereocenters. The van der Waals surface area contributed by atoms with Gasteiger partial charge in [0.1, 0.15) is 11.6 Å². The minimum absolute atomic E-state index is 0.118. The number of ether oxygens (including phenoxy) is 2. The highest BCUT2D eigenvalue weighted by Gasteiger charge is 2.15. The first-order valence-electron chi connectivity index (χ1n) is 7.47. The van der Waals surface area contributed by atoms with Crippen LogP contribution in [0.15, 0.2) is 47.0 Å². The molecule has 0 bridgehead atoms. The first-order valence-corrected chi connectivity index (χ1v) is 7.47. The Labute approximate surface area is 143 Å². The molecule has 0 atom stereocenters. The number of methoxy groups -OCH3 is 1. The zero-order valence-corrected chi connectivity index (χ0v) is 13.7. The molecule has 0 aliphatic carbocycles. The monoisotopic (exact) mass is 342 g/mol. The van der Waals surface area contributed by atoms with E-state index in [1.54, 1.807) is 26.2 Å². The molecule has 0 saturated carbocycles. The maximum Gasteiger partial charge on any atom is 0.338 e. The van der Waals surface area contributed by atoms with Crippen LogP contribution in [0.1, 0.15) is 21.8 Å². The summed E-state index contributed by atoms with van der Waals surface area (Å²) in [6.07, 6.45) is 0. The van der Waals surface area contributed by atoms with Crippen LogP contribution in [0.2, 0.25) is 0 Å². The number of carbonyl (C=O) groups excluding carboxylic acids is 1. The number of esters is 1. The van der Waals surface area contributed by atoms with Crippen molar-refractivity contribution in [2.24, 2.45) is 0 Å². The second-order valence-electron chi connectivity index (χ2n) is 5.25. The van der Waals surface area contributed by atoms with Crippen LogP contribution in [0.25, 0.3) is 11.4 Å². The molecule has 0 N–H and O–H groups in total. The van der Waals surface area contributed by atoms with Gasteiger partial charge in [-0.15, -0.1) is 0 Å². The molecule has 0 aliphatic heterocycles. The number of carbonyl (C=O) groups is 1. The lowest BCUT2D eigenvalue weighted by molar-refractivity contribution is 0.0429. The molecule has 0 spiro atoms. The Hall–Kier alpha value is -3.22. The van der Waals surface area contributed by atoms with E-state index in [1.807, 2.05) is 12.1 Å². The number of aromatic nitrogens is 2. The van der Waals surface area contributed by atoms with Crippen LogP contribution in [0.5, 0.6) is 5.75 Å². The van der Waals surface area contributed by atoms with Crippen LogP contribution in [0.3, 0.4) is 0 Å². The fourth-order valence-electron chi connectivity index (χ4n) is 2.18. The molecule has 128 valence electrons. The van der Waals surface area contributed by atoms with E-state index in [9.17, 15) is 9.18 Å². The van der Waals surface area contributed by atoms with Crippen LogP contribution in [-0.4, -0.2) is 23.2 Å². The SMILES string of the molecule is COc1ccccc1-c1noc(COC(=O)c2ccc(C)c(F)c2)n1. The minimum atomic E-state index is -0.670. The van der Waals surface area contributed by atoms with Crippen LogP contribution in [0.4, 0.5) is 4.39 Å². The fourth-order valence-corrected chi connectivity index (χ4v) is 2.18. The molecule has 0 amide bonds. The predicted molar refractivity (Wildman–Crippen MR) is 86.5 cm³/mol. The molecule has 7 heteroatoms. The number of hydrogen-bond donors (Lipinski definition) is 0. The van der Waals surface area contributed by atoms with E-state index in [0.29, 0.717) is 22.7 Å². The Balaban J connectivity index is 1.69. The number of para-hydroxylation sites is 1. The lowest BCUT2D eigenvalue weighted by Crippen LogP contribution is -2.06. The van der Waals surface area contributed by atoms with E-state index in [0.717, 1.165) is 6.07 Å². The number of hydrogen-bond acceptors (Lipinski definition) is 6. The molecule has 0 aliphatic rings. The second kappa shape index (κ2) is 7.12. The lowest BCUT2D eigenvalue weighted by atomic mass is 10.1. The zero-order valence-electron chi connectivity index (χ0n) is 13.7. The Kier molecular flexibility index (Phi) is 4.74. The number of aryl methyl sites for hydroxylation is 1. The molecule has 6 nitrogen and oxygen atoms in total. The molecule has 1 heterocycles. The van der Waals surface area contributed by atoms with Crippen molar-refractivity contribution in [3.8, 4) is 17.1 Å². The van der Waals surface area contributed by atoms with Crippen molar-refractivity contribution in [3.63, 3.8) is 0 Å². The van der Waals surface area contributed by atoms with Crippen molar-refractivity contribution in [3.05, 3.63) is 65.3 Å². The third kappa shape index (κ3) is 3.65. The van der Waals surface area contributed by atoms with Crippen molar-refractivity contribution < 1.29 is 23.2 Å². The molecular weight excluding hydrogens is 327 g/mol. The summed E-state index contributed by atoms with van der Waals surface area (Å²) >= 11 is 0. The Bertz CT molecular complexity index is 908. The molecular formula is C18H15FN2O4. The summed E-state index contributed by atoms with van der Waals surface area (Å²) < 4.78 is 28.9. The van der Waals surface area contributed by atoms with E-state index < -0.39 is 11.8 Å².